The number of carbonyl (C=O) groups excluding carboxylic acids is 2. The number of nitrogens with one attached hydrogen (secondary N) is 1. The molecular formula is C22H26N4O3. The number of piperidine rings is 1. The van der Waals surface area contributed by atoms with Crippen molar-refractivity contribution >= 4 is 23.3 Å². The number of phenolic OH excluding ortho intramolecular Hbond substituents is 1. The molecule has 0 aliphatic carbocycles. The number of amides is 2. The van der Waals surface area contributed by atoms with Gasteiger partial charge in [-0.05, 0) is 56.4 Å². The summed E-state index contributed by atoms with van der Waals surface area (Å²) >= 11 is 0. The largest absolute Gasteiger partial charge is 0.507 e. The van der Waals surface area contributed by atoms with E-state index < -0.39 is 6.04 Å². The summed E-state index contributed by atoms with van der Waals surface area (Å²) in [7, 11) is 0. The number of rotatable bonds is 4. The number of anilines is 2. The number of aromatic hydroxyl groups is 1. The number of para-hydroxylation sites is 1. The molecule has 2 amide bonds. The summed E-state index contributed by atoms with van der Waals surface area (Å²) in [4.78, 5) is 33.9. The normalized spacial score (nSPS) is 19.2. The number of carbonyl (C=O) groups is 2. The second kappa shape index (κ2) is 8.51. The molecule has 0 radical (unpaired) electrons. The van der Waals surface area contributed by atoms with Gasteiger partial charge in [0.1, 0.15) is 17.6 Å². The summed E-state index contributed by atoms with van der Waals surface area (Å²) < 4.78 is 0. The Hall–Kier alpha value is -3.09. The lowest BCUT2D eigenvalue weighted by Gasteiger charge is -2.28. The first-order chi connectivity index (χ1) is 14.1. The van der Waals surface area contributed by atoms with Crippen LogP contribution < -0.4 is 10.2 Å². The van der Waals surface area contributed by atoms with Crippen LogP contribution in [0.3, 0.4) is 0 Å². The maximum atomic E-state index is 12.8. The average Bonchev–Trinajstić information content (AvgIpc) is 3.25. The van der Waals surface area contributed by atoms with Crippen LogP contribution in [0.25, 0.3) is 0 Å². The first-order valence-electron chi connectivity index (χ1n) is 10.2. The van der Waals surface area contributed by atoms with Crippen molar-refractivity contribution in [2.45, 2.75) is 38.1 Å². The summed E-state index contributed by atoms with van der Waals surface area (Å²) in [5.41, 5.74) is 0.845. The molecule has 1 aromatic heterocycles. The van der Waals surface area contributed by atoms with Crippen molar-refractivity contribution in [3.8, 4) is 5.75 Å². The Morgan fingerprint density at radius 3 is 2.52 bits per heavy atom. The fourth-order valence-corrected chi connectivity index (χ4v) is 4.09. The Bertz CT molecular complexity index is 878. The minimum Gasteiger partial charge on any atom is -0.507 e. The molecule has 7 heteroatoms. The number of nitrogens with zero attached hydrogens (tertiary/aromatic N) is 3. The van der Waals surface area contributed by atoms with Crippen molar-refractivity contribution in [3.05, 3.63) is 48.2 Å². The van der Waals surface area contributed by atoms with E-state index in [1.165, 1.54) is 25.3 Å². The van der Waals surface area contributed by atoms with Gasteiger partial charge in [-0.3, -0.25) is 9.59 Å². The zero-order valence-electron chi connectivity index (χ0n) is 16.4. The Balaban J connectivity index is 1.42. The number of pyridine rings is 1. The molecule has 2 saturated heterocycles. The monoisotopic (exact) mass is 394 g/mol. The molecule has 4 rings (SSSR count). The summed E-state index contributed by atoms with van der Waals surface area (Å²) in [6, 6.07) is 9.67. The molecule has 0 unspecified atom stereocenters. The van der Waals surface area contributed by atoms with Gasteiger partial charge in [-0.1, -0.05) is 12.1 Å². The Kier molecular flexibility index (Phi) is 5.64. The van der Waals surface area contributed by atoms with Crippen LogP contribution in [0.1, 0.15) is 42.5 Å². The third-order valence-corrected chi connectivity index (χ3v) is 5.65. The van der Waals surface area contributed by atoms with Crippen LogP contribution in [-0.4, -0.2) is 52.5 Å². The van der Waals surface area contributed by atoms with E-state index in [9.17, 15) is 14.7 Å². The lowest BCUT2D eigenvalue weighted by atomic mass is 10.1. The highest BCUT2D eigenvalue weighted by molar-refractivity contribution is 6.02. The van der Waals surface area contributed by atoms with E-state index in [4.69, 9.17) is 0 Å². The van der Waals surface area contributed by atoms with E-state index in [1.807, 2.05) is 12.1 Å². The van der Waals surface area contributed by atoms with Crippen molar-refractivity contribution in [3.63, 3.8) is 0 Å². The molecule has 2 aliphatic rings. The molecular weight excluding hydrogens is 368 g/mol. The summed E-state index contributed by atoms with van der Waals surface area (Å²) in [6.07, 6.45) is 6.66. The van der Waals surface area contributed by atoms with E-state index >= 15 is 0 Å². The standard InChI is InChI=1S/C22H26N4O3/c27-19-9-3-2-7-17(19)22(29)26-14-6-8-18(26)21(28)24-16-10-11-20(23-15-16)25-12-4-1-5-13-25/h2-3,7,9-11,15,18,27H,1,4-6,8,12-14H2,(H,24,28)/t18-/m0/s1. The van der Waals surface area contributed by atoms with Crippen LogP contribution in [-0.2, 0) is 4.79 Å². The van der Waals surface area contributed by atoms with Gasteiger partial charge in [0.05, 0.1) is 17.4 Å². The van der Waals surface area contributed by atoms with Crippen LogP contribution >= 0.6 is 0 Å². The smallest absolute Gasteiger partial charge is 0.258 e. The molecule has 2 aromatic rings. The molecule has 2 aliphatic heterocycles. The quantitative estimate of drug-likeness (QED) is 0.833. The SMILES string of the molecule is O=C(Nc1ccc(N2CCCCC2)nc1)[C@@H]1CCCN1C(=O)c1ccccc1O. The number of likely N-dealkylation sites (tertiary alicyclic amines) is 1. The van der Waals surface area contributed by atoms with E-state index in [0.717, 1.165) is 25.3 Å². The van der Waals surface area contributed by atoms with Gasteiger partial charge in [-0.25, -0.2) is 4.98 Å². The fraction of sp³-hybridized carbons (Fsp3) is 0.409. The molecule has 0 spiro atoms. The summed E-state index contributed by atoms with van der Waals surface area (Å²) in [5, 5.41) is 12.9. The predicted octanol–water partition coefficient (Wildman–Crippen LogP) is 3.02. The number of hydrogen-bond acceptors (Lipinski definition) is 5. The predicted molar refractivity (Wildman–Crippen MR) is 111 cm³/mol. The first kappa shape index (κ1) is 19.2. The highest BCUT2D eigenvalue weighted by Crippen LogP contribution is 2.25. The third-order valence-electron chi connectivity index (χ3n) is 5.65. The average molecular weight is 394 g/mol. The van der Waals surface area contributed by atoms with E-state index in [1.54, 1.807) is 29.3 Å². The van der Waals surface area contributed by atoms with E-state index in [0.29, 0.717) is 18.7 Å². The van der Waals surface area contributed by atoms with Crippen LogP contribution in [0.5, 0.6) is 5.75 Å². The van der Waals surface area contributed by atoms with Gasteiger partial charge in [0, 0.05) is 19.6 Å². The molecule has 0 bridgehead atoms. The topological polar surface area (TPSA) is 85.8 Å². The molecule has 2 fully saturated rings. The second-order valence-corrected chi connectivity index (χ2v) is 7.62. The Labute approximate surface area is 170 Å². The molecule has 29 heavy (non-hydrogen) atoms. The van der Waals surface area contributed by atoms with Crippen molar-refractivity contribution in [1.29, 1.82) is 0 Å². The zero-order valence-corrected chi connectivity index (χ0v) is 16.4. The second-order valence-electron chi connectivity index (χ2n) is 7.62. The molecule has 152 valence electrons. The molecule has 3 heterocycles. The van der Waals surface area contributed by atoms with Gasteiger partial charge in [-0.15, -0.1) is 0 Å². The van der Waals surface area contributed by atoms with E-state index in [-0.39, 0.29) is 23.1 Å². The van der Waals surface area contributed by atoms with Gasteiger partial charge in [0.2, 0.25) is 5.91 Å². The van der Waals surface area contributed by atoms with Crippen LogP contribution in [0.4, 0.5) is 11.5 Å². The van der Waals surface area contributed by atoms with Crippen LogP contribution in [0.15, 0.2) is 42.6 Å². The highest BCUT2D eigenvalue weighted by Gasteiger charge is 2.35. The molecule has 1 aromatic carbocycles. The third kappa shape index (κ3) is 4.18. The summed E-state index contributed by atoms with van der Waals surface area (Å²) in [5.74, 6) is 0.319. The van der Waals surface area contributed by atoms with Crippen molar-refractivity contribution in [2.24, 2.45) is 0 Å². The maximum Gasteiger partial charge on any atom is 0.258 e. The number of phenols is 1. The Morgan fingerprint density at radius 2 is 1.79 bits per heavy atom. The minimum absolute atomic E-state index is 0.0685. The van der Waals surface area contributed by atoms with Gasteiger partial charge in [0.25, 0.3) is 5.91 Å². The van der Waals surface area contributed by atoms with Gasteiger partial charge >= 0.3 is 0 Å². The fourth-order valence-electron chi connectivity index (χ4n) is 4.09. The van der Waals surface area contributed by atoms with Crippen molar-refractivity contribution < 1.29 is 14.7 Å². The van der Waals surface area contributed by atoms with E-state index in [2.05, 4.69) is 15.2 Å². The minimum atomic E-state index is -0.552. The van der Waals surface area contributed by atoms with Crippen LogP contribution in [0, 0.1) is 0 Å². The van der Waals surface area contributed by atoms with Gasteiger partial charge in [0.15, 0.2) is 0 Å². The van der Waals surface area contributed by atoms with Gasteiger partial charge < -0.3 is 20.2 Å². The highest BCUT2D eigenvalue weighted by atomic mass is 16.3. The summed E-state index contributed by atoms with van der Waals surface area (Å²) in [6.45, 7) is 2.53. The molecule has 2 N–H and O–H groups in total. The first-order valence-corrected chi connectivity index (χ1v) is 10.2. The Morgan fingerprint density at radius 1 is 1.00 bits per heavy atom. The zero-order chi connectivity index (χ0) is 20.2. The van der Waals surface area contributed by atoms with Crippen LogP contribution in [0.2, 0.25) is 0 Å². The van der Waals surface area contributed by atoms with Crippen molar-refractivity contribution in [2.75, 3.05) is 29.9 Å². The number of benzene rings is 1. The molecule has 1 atom stereocenters. The lowest BCUT2D eigenvalue weighted by molar-refractivity contribution is -0.119. The number of aromatic nitrogens is 1. The molecule has 0 saturated carbocycles. The van der Waals surface area contributed by atoms with Crippen molar-refractivity contribution in [1.82, 2.24) is 9.88 Å². The maximum absolute atomic E-state index is 12.8. The number of hydrogen-bond donors (Lipinski definition) is 2. The lowest BCUT2D eigenvalue weighted by Crippen LogP contribution is -2.43. The molecule has 7 nitrogen and oxygen atoms in total. The van der Waals surface area contributed by atoms with Gasteiger partial charge in [-0.2, -0.15) is 0 Å².